The van der Waals surface area contributed by atoms with Crippen LogP contribution in [0.2, 0.25) is 0 Å². The number of hydrogen-bond donors (Lipinski definition) is 1. The minimum absolute atomic E-state index is 0.827. The molecule has 1 rings (SSSR count). The zero-order valence-corrected chi connectivity index (χ0v) is 17.7. The van der Waals surface area contributed by atoms with Crippen molar-refractivity contribution in [2.45, 2.75) is 6.92 Å². The molecule has 1 aromatic rings. The average molecular weight is 390 g/mol. The van der Waals surface area contributed by atoms with Gasteiger partial charge in [-0.05, 0) is 37.7 Å². The van der Waals surface area contributed by atoms with Crippen LogP contribution in [0.1, 0.15) is 12.5 Å². The second-order valence-corrected chi connectivity index (χ2v) is 8.24. The Morgan fingerprint density at radius 1 is 1.00 bits per heavy atom. The number of anilines is 1. The summed E-state index contributed by atoms with van der Waals surface area (Å²) in [6, 6.07) is 8.69. The van der Waals surface area contributed by atoms with Gasteiger partial charge in [0.1, 0.15) is 0 Å². The molecule has 0 aromatic heterocycles. The third-order valence-electron chi connectivity index (χ3n) is 3.47. The molecular formula is C21H31N3S2. The van der Waals surface area contributed by atoms with Crippen LogP contribution in [0.25, 0.3) is 6.08 Å². The van der Waals surface area contributed by atoms with E-state index in [9.17, 15) is 0 Å². The highest BCUT2D eigenvalue weighted by Crippen LogP contribution is 2.21. The Kier molecular flexibility index (Phi) is 13.7. The lowest BCUT2D eigenvalue weighted by Gasteiger charge is -2.19. The van der Waals surface area contributed by atoms with E-state index in [0.29, 0.717) is 0 Å². The van der Waals surface area contributed by atoms with Crippen LogP contribution < -0.4 is 10.2 Å². The van der Waals surface area contributed by atoms with Gasteiger partial charge in [0, 0.05) is 50.1 Å². The van der Waals surface area contributed by atoms with E-state index in [4.69, 9.17) is 0 Å². The van der Waals surface area contributed by atoms with Gasteiger partial charge in [-0.1, -0.05) is 64.1 Å². The smallest absolute Gasteiger partial charge is 0.0364 e. The van der Waals surface area contributed by atoms with E-state index in [1.807, 2.05) is 66.1 Å². The minimum atomic E-state index is 0.827. The molecule has 0 aliphatic rings. The molecule has 0 atom stereocenters. The first-order chi connectivity index (χ1) is 12.8. The second kappa shape index (κ2) is 15.8. The molecule has 5 heteroatoms. The molecule has 0 aliphatic carbocycles. The monoisotopic (exact) mass is 389 g/mol. The van der Waals surface area contributed by atoms with Gasteiger partial charge in [-0.25, -0.2) is 0 Å². The maximum atomic E-state index is 4.12. The van der Waals surface area contributed by atoms with Crippen molar-refractivity contribution in [3.8, 4) is 0 Å². The predicted octanol–water partition coefficient (Wildman–Crippen LogP) is 4.94. The Hall–Kier alpha value is -1.43. The number of rotatable bonds is 13. The van der Waals surface area contributed by atoms with Gasteiger partial charge in [0.25, 0.3) is 0 Å². The fourth-order valence-corrected chi connectivity index (χ4v) is 4.03. The molecule has 0 bridgehead atoms. The lowest BCUT2D eigenvalue weighted by Crippen LogP contribution is -2.19. The molecule has 26 heavy (non-hydrogen) atoms. The number of aliphatic imine (C=N–C) groups is 1. The van der Waals surface area contributed by atoms with Gasteiger partial charge in [-0.15, -0.1) is 0 Å². The molecular weight excluding hydrogens is 358 g/mol. The molecule has 1 N–H and O–H groups in total. The Balaban J connectivity index is 2.33. The molecule has 0 aliphatic heterocycles. The molecule has 0 heterocycles. The van der Waals surface area contributed by atoms with E-state index in [-0.39, 0.29) is 0 Å². The maximum absolute atomic E-state index is 4.12. The van der Waals surface area contributed by atoms with E-state index >= 15 is 0 Å². The van der Waals surface area contributed by atoms with Crippen LogP contribution in [0.15, 0.2) is 59.6 Å². The summed E-state index contributed by atoms with van der Waals surface area (Å²) in [5, 5.41) is 3.17. The van der Waals surface area contributed by atoms with Crippen LogP contribution >= 0.6 is 21.6 Å². The van der Waals surface area contributed by atoms with Crippen LogP contribution in [0.4, 0.5) is 5.69 Å². The van der Waals surface area contributed by atoms with Crippen LogP contribution in [0.3, 0.4) is 0 Å². The molecule has 0 fully saturated rings. The van der Waals surface area contributed by atoms with Crippen molar-refractivity contribution in [3.63, 3.8) is 0 Å². The Labute approximate surface area is 167 Å². The van der Waals surface area contributed by atoms with Gasteiger partial charge < -0.3 is 10.2 Å². The normalized spacial score (nSPS) is 12.3. The quantitative estimate of drug-likeness (QED) is 0.224. The van der Waals surface area contributed by atoms with E-state index in [2.05, 4.69) is 58.7 Å². The first kappa shape index (κ1) is 22.6. The zero-order chi connectivity index (χ0) is 18.9. The number of nitrogens with one attached hydrogen (secondary N) is 1. The summed E-state index contributed by atoms with van der Waals surface area (Å²) in [5.74, 6) is 2.29. The van der Waals surface area contributed by atoms with E-state index < -0.39 is 0 Å². The summed E-state index contributed by atoms with van der Waals surface area (Å²) in [4.78, 5) is 6.43. The summed E-state index contributed by atoms with van der Waals surface area (Å²) < 4.78 is 0. The van der Waals surface area contributed by atoms with Crippen molar-refractivity contribution in [2.75, 3.05) is 50.1 Å². The third-order valence-corrected chi connectivity index (χ3v) is 5.86. The first-order valence-electron chi connectivity index (χ1n) is 8.98. The van der Waals surface area contributed by atoms with Gasteiger partial charge >= 0.3 is 0 Å². The van der Waals surface area contributed by atoms with Crippen LogP contribution in [-0.2, 0) is 0 Å². The molecule has 0 radical (unpaired) electrons. The van der Waals surface area contributed by atoms with Crippen molar-refractivity contribution in [1.82, 2.24) is 5.32 Å². The Morgan fingerprint density at radius 2 is 1.69 bits per heavy atom. The summed E-state index contributed by atoms with van der Waals surface area (Å²) in [6.45, 7) is 4.98. The van der Waals surface area contributed by atoms with E-state index in [0.717, 1.165) is 31.1 Å². The highest BCUT2D eigenvalue weighted by atomic mass is 33.1. The molecule has 0 saturated heterocycles. The summed E-state index contributed by atoms with van der Waals surface area (Å²) in [6.07, 6.45) is 13.9. The van der Waals surface area contributed by atoms with Gasteiger partial charge in [-0.3, -0.25) is 4.99 Å². The zero-order valence-electron chi connectivity index (χ0n) is 16.1. The summed E-state index contributed by atoms with van der Waals surface area (Å²) >= 11 is 0. The van der Waals surface area contributed by atoms with Crippen LogP contribution in [0.5, 0.6) is 0 Å². The highest BCUT2D eigenvalue weighted by Gasteiger charge is 2.00. The fourth-order valence-electron chi connectivity index (χ4n) is 1.98. The average Bonchev–Trinajstić information content (AvgIpc) is 2.67. The van der Waals surface area contributed by atoms with Crippen molar-refractivity contribution >= 4 is 39.6 Å². The minimum Gasteiger partial charge on any atom is -0.374 e. The van der Waals surface area contributed by atoms with Crippen molar-refractivity contribution in [1.29, 1.82) is 0 Å². The number of benzene rings is 1. The standard InChI is InChI=1S/C21H31N3S2/c1-4-23-15-9-7-5-6-8-10-20-11-13-21(14-12-20)24(3)17-19-26-25-18-16-22-2/h5-15,22H,4,16-19H2,1-3H3/b6-5+,9-7-,10-8+,23-15?. The lowest BCUT2D eigenvalue weighted by atomic mass is 10.2. The van der Waals surface area contributed by atoms with Crippen molar-refractivity contribution in [3.05, 3.63) is 60.2 Å². The van der Waals surface area contributed by atoms with Crippen LogP contribution in [0, 0.1) is 0 Å². The second-order valence-electron chi connectivity index (χ2n) is 5.54. The third kappa shape index (κ3) is 11.2. The summed E-state index contributed by atoms with van der Waals surface area (Å²) in [7, 11) is 8.03. The number of nitrogens with zero attached hydrogens (tertiary/aromatic N) is 2. The fraction of sp³-hybridized carbons (Fsp3) is 0.381. The number of allylic oxidation sites excluding steroid dienone is 5. The van der Waals surface area contributed by atoms with Crippen molar-refractivity contribution < 1.29 is 0 Å². The Bertz CT molecular complexity index is 577. The molecule has 1 aromatic carbocycles. The van der Waals surface area contributed by atoms with Gasteiger partial charge in [0.15, 0.2) is 0 Å². The first-order valence-corrected chi connectivity index (χ1v) is 11.5. The molecule has 0 saturated carbocycles. The van der Waals surface area contributed by atoms with Gasteiger partial charge in [-0.2, -0.15) is 0 Å². The topological polar surface area (TPSA) is 27.6 Å². The predicted molar refractivity (Wildman–Crippen MR) is 125 cm³/mol. The molecule has 0 spiro atoms. The SMILES string of the molecule is CCN=C\C=C/C=C/C=C/c1ccc(N(C)CCSSCCNC)cc1. The van der Waals surface area contributed by atoms with Gasteiger partial charge in [0.05, 0.1) is 0 Å². The van der Waals surface area contributed by atoms with Gasteiger partial charge in [0.2, 0.25) is 0 Å². The Morgan fingerprint density at radius 3 is 2.42 bits per heavy atom. The summed E-state index contributed by atoms with van der Waals surface area (Å²) in [5.41, 5.74) is 2.47. The largest absolute Gasteiger partial charge is 0.374 e. The lowest BCUT2D eigenvalue weighted by molar-refractivity contribution is 0.873. The molecule has 3 nitrogen and oxygen atoms in total. The number of hydrogen-bond acceptors (Lipinski definition) is 5. The maximum Gasteiger partial charge on any atom is 0.0364 e. The van der Waals surface area contributed by atoms with E-state index in [1.54, 1.807) is 0 Å². The molecule has 0 unspecified atom stereocenters. The highest BCUT2D eigenvalue weighted by molar-refractivity contribution is 8.76. The van der Waals surface area contributed by atoms with Crippen molar-refractivity contribution in [2.24, 2.45) is 4.99 Å². The van der Waals surface area contributed by atoms with Crippen LogP contribution in [-0.4, -0.2) is 51.4 Å². The molecule has 0 amide bonds. The molecule has 142 valence electrons. The van der Waals surface area contributed by atoms with E-state index in [1.165, 1.54) is 11.3 Å².